The van der Waals surface area contributed by atoms with Crippen LogP contribution in [0.15, 0.2) is 45.9 Å². The monoisotopic (exact) mass is 444 g/mol. The van der Waals surface area contributed by atoms with E-state index < -0.39 is 0 Å². The Morgan fingerprint density at radius 1 is 1.30 bits per heavy atom. The normalized spacial score (nSPS) is 15.1. The Bertz CT molecular complexity index is 861. The van der Waals surface area contributed by atoms with Gasteiger partial charge in [0.25, 0.3) is 0 Å². The van der Waals surface area contributed by atoms with E-state index in [1.807, 2.05) is 35.2 Å². The van der Waals surface area contributed by atoms with Crippen LogP contribution in [0.25, 0.3) is 0 Å². The number of nitriles is 1. The number of nitrogens with one attached hydrogen (secondary N) is 1. The lowest BCUT2D eigenvalue weighted by atomic mass is 10.1. The number of carbonyl (C=O) groups is 1. The van der Waals surface area contributed by atoms with Gasteiger partial charge in [0.05, 0.1) is 17.3 Å². The molecule has 1 aliphatic heterocycles. The fourth-order valence-corrected chi connectivity index (χ4v) is 4.45. The largest absolute Gasteiger partial charge is 0.325 e. The van der Waals surface area contributed by atoms with Crippen LogP contribution in [0.2, 0.25) is 0 Å². The average molecular weight is 445 g/mol. The topological polar surface area (TPSA) is 69.0 Å². The fraction of sp³-hybridized carbons (Fsp3) is 0.350. The molecule has 0 spiro atoms. The van der Waals surface area contributed by atoms with Crippen molar-refractivity contribution in [3.8, 4) is 6.07 Å². The molecule has 1 unspecified atom stereocenters. The van der Waals surface area contributed by atoms with Gasteiger partial charge in [-0.25, -0.2) is 9.78 Å². The third kappa shape index (κ3) is 5.47. The van der Waals surface area contributed by atoms with Crippen LogP contribution < -0.4 is 5.32 Å². The van der Waals surface area contributed by atoms with Crippen molar-refractivity contribution in [1.29, 1.82) is 5.26 Å². The zero-order valence-corrected chi connectivity index (χ0v) is 17.5. The molecule has 7 heteroatoms. The summed E-state index contributed by atoms with van der Waals surface area (Å²) < 4.78 is 0.659. The molecule has 0 saturated carbocycles. The number of benzene rings is 1. The van der Waals surface area contributed by atoms with E-state index in [-0.39, 0.29) is 11.3 Å². The summed E-state index contributed by atoms with van der Waals surface area (Å²) in [6.07, 6.45) is 3.35. The number of carbonyl (C=O) groups excluding carboxylic acids is 1. The molecule has 0 bridgehead atoms. The first kappa shape index (κ1) is 19.7. The van der Waals surface area contributed by atoms with Gasteiger partial charge in [-0.15, -0.1) is 11.8 Å². The van der Waals surface area contributed by atoms with Gasteiger partial charge in [-0.2, -0.15) is 5.26 Å². The number of amides is 2. The first-order valence-electron chi connectivity index (χ1n) is 8.95. The molecule has 1 aromatic heterocycles. The zero-order chi connectivity index (χ0) is 19.2. The van der Waals surface area contributed by atoms with Gasteiger partial charge in [0, 0.05) is 28.9 Å². The molecule has 2 amide bonds. The number of thioether (sulfide) groups is 1. The Labute approximate surface area is 172 Å². The van der Waals surface area contributed by atoms with E-state index in [4.69, 9.17) is 5.26 Å². The highest BCUT2D eigenvalue weighted by Gasteiger charge is 2.17. The Kier molecular flexibility index (Phi) is 6.75. The maximum absolute atomic E-state index is 12.4. The third-order valence-electron chi connectivity index (χ3n) is 4.40. The van der Waals surface area contributed by atoms with Crippen molar-refractivity contribution in [3.05, 3.63) is 52.3 Å². The Hall–Kier alpha value is -2.04. The number of rotatable bonds is 4. The maximum atomic E-state index is 12.4. The highest BCUT2D eigenvalue weighted by atomic mass is 79.9. The number of nitrogens with zero attached hydrogens (tertiary/aromatic N) is 3. The Balaban J connectivity index is 1.67. The van der Waals surface area contributed by atoms with Gasteiger partial charge in [-0.05, 0) is 72.4 Å². The highest BCUT2D eigenvalue weighted by Crippen LogP contribution is 2.35. The molecule has 1 aliphatic rings. The van der Waals surface area contributed by atoms with Crippen LogP contribution >= 0.6 is 27.7 Å². The summed E-state index contributed by atoms with van der Waals surface area (Å²) in [7, 11) is 0. The number of halogens is 1. The molecule has 140 valence electrons. The molecule has 2 aromatic rings. The van der Waals surface area contributed by atoms with Crippen molar-refractivity contribution in [2.75, 3.05) is 18.4 Å². The van der Waals surface area contributed by atoms with Crippen LogP contribution in [-0.4, -0.2) is 29.0 Å². The van der Waals surface area contributed by atoms with Gasteiger partial charge in [-0.1, -0.05) is 6.07 Å². The van der Waals surface area contributed by atoms with Crippen molar-refractivity contribution in [3.63, 3.8) is 0 Å². The number of piperidine rings is 1. The minimum absolute atomic E-state index is 0.0304. The van der Waals surface area contributed by atoms with Gasteiger partial charge < -0.3 is 10.2 Å². The van der Waals surface area contributed by atoms with Crippen LogP contribution in [0.3, 0.4) is 0 Å². The highest BCUT2D eigenvalue weighted by molar-refractivity contribution is 9.10. The lowest BCUT2D eigenvalue weighted by molar-refractivity contribution is 0.200. The number of pyridine rings is 1. The summed E-state index contributed by atoms with van der Waals surface area (Å²) in [6, 6.07) is 13.5. The summed E-state index contributed by atoms with van der Waals surface area (Å²) in [5.41, 5.74) is 2.22. The molecule has 1 N–H and O–H groups in total. The quantitative estimate of drug-likeness (QED) is 0.492. The first-order chi connectivity index (χ1) is 13.0. The maximum Gasteiger partial charge on any atom is 0.321 e. The second kappa shape index (κ2) is 9.25. The van der Waals surface area contributed by atoms with Crippen LogP contribution in [0, 0.1) is 11.3 Å². The first-order valence-corrected chi connectivity index (χ1v) is 10.6. The van der Waals surface area contributed by atoms with E-state index in [0.29, 0.717) is 10.2 Å². The number of hydrogen-bond donors (Lipinski definition) is 1. The predicted octanol–water partition coefficient (Wildman–Crippen LogP) is 5.59. The second-order valence-corrected chi connectivity index (χ2v) is 8.71. The van der Waals surface area contributed by atoms with Crippen molar-refractivity contribution in [2.45, 2.75) is 36.3 Å². The molecule has 2 heterocycles. The molecule has 0 aliphatic carbocycles. The van der Waals surface area contributed by atoms with Crippen LogP contribution in [0.1, 0.15) is 42.7 Å². The average Bonchev–Trinajstić information content (AvgIpc) is 2.68. The molecular formula is C20H21BrN4OS. The van der Waals surface area contributed by atoms with Crippen LogP contribution in [-0.2, 0) is 0 Å². The summed E-state index contributed by atoms with van der Waals surface area (Å²) in [6.45, 7) is 3.71. The lowest BCUT2D eigenvalue weighted by Crippen LogP contribution is -2.38. The second-order valence-electron chi connectivity index (χ2n) is 6.48. The lowest BCUT2D eigenvalue weighted by Gasteiger charge is -2.26. The molecule has 0 radical (unpaired) electrons. The summed E-state index contributed by atoms with van der Waals surface area (Å²) in [5.74, 6) is 0. The number of hydrogen-bond acceptors (Lipinski definition) is 4. The van der Waals surface area contributed by atoms with E-state index in [9.17, 15) is 4.79 Å². The van der Waals surface area contributed by atoms with E-state index >= 15 is 0 Å². The summed E-state index contributed by atoms with van der Waals surface area (Å²) >= 11 is 5.00. The van der Waals surface area contributed by atoms with E-state index in [0.717, 1.165) is 42.2 Å². The SMILES string of the molecule is CC(Sc1cccc(NC(=O)N2CCCCC2)c1)c1cc(C#N)cc(Br)n1. The van der Waals surface area contributed by atoms with Gasteiger partial charge in [0.2, 0.25) is 0 Å². The van der Waals surface area contributed by atoms with Crippen LogP contribution in [0.5, 0.6) is 0 Å². The smallest absolute Gasteiger partial charge is 0.321 e. The van der Waals surface area contributed by atoms with E-state index in [2.05, 4.69) is 39.2 Å². The minimum Gasteiger partial charge on any atom is -0.325 e. The number of aromatic nitrogens is 1. The molecule has 1 aromatic carbocycles. The standard InChI is InChI=1S/C20H21BrN4OS/c1-14(18-10-15(13-22)11-19(21)24-18)27-17-7-5-6-16(12-17)23-20(26)25-8-3-2-4-9-25/h5-7,10-12,14H,2-4,8-9H2,1H3,(H,23,26). The zero-order valence-electron chi connectivity index (χ0n) is 15.1. The molecule has 5 nitrogen and oxygen atoms in total. The number of likely N-dealkylation sites (tertiary alicyclic amines) is 1. The Morgan fingerprint density at radius 3 is 2.81 bits per heavy atom. The Morgan fingerprint density at radius 2 is 2.07 bits per heavy atom. The van der Waals surface area contributed by atoms with Crippen molar-refractivity contribution in [2.24, 2.45) is 0 Å². The summed E-state index contributed by atoms with van der Waals surface area (Å²) in [5, 5.41) is 12.2. The number of urea groups is 1. The van der Waals surface area contributed by atoms with Gasteiger partial charge >= 0.3 is 6.03 Å². The summed E-state index contributed by atoms with van der Waals surface area (Å²) in [4.78, 5) is 19.8. The third-order valence-corrected chi connectivity index (χ3v) is 5.93. The van der Waals surface area contributed by atoms with Crippen molar-refractivity contribution < 1.29 is 4.79 Å². The fourth-order valence-electron chi connectivity index (χ4n) is 3.00. The van der Waals surface area contributed by atoms with Gasteiger partial charge in [0.15, 0.2) is 0 Å². The predicted molar refractivity (Wildman–Crippen MR) is 112 cm³/mol. The van der Waals surface area contributed by atoms with Crippen LogP contribution in [0.4, 0.5) is 10.5 Å². The molecule has 1 saturated heterocycles. The van der Waals surface area contributed by atoms with E-state index in [1.165, 1.54) is 6.42 Å². The minimum atomic E-state index is -0.0304. The molecule has 27 heavy (non-hydrogen) atoms. The molecular weight excluding hydrogens is 424 g/mol. The van der Waals surface area contributed by atoms with Gasteiger partial charge in [-0.3, -0.25) is 0 Å². The van der Waals surface area contributed by atoms with Gasteiger partial charge in [0.1, 0.15) is 4.60 Å². The molecule has 3 rings (SSSR count). The van der Waals surface area contributed by atoms with Crippen molar-refractivity contribution >= 4 is 39.4 Å². The molecule has 1 atom stereocenters. The van der Waals surface area contributed by atoms with E-state index in [1.54, 1.807) is 17.8 Å². The van der Waals surface area contributed by atoms with Crippen molar-refractivity contribution in [1.82, 2.24) is 9.88 Å². The number of anilines is 1. The molecule has 1 fully saturated rings.